The average Bonchev–Trinajstić information content (AvgIpc) is 2.34. The van der Waals surface area contributed by atoms with Gasteiger partial charge < -0.3 is 5.73 Å². The third-order valence-corrected chi connectivity index (χ3v) is 4.54. The molecule has 0 aliphatic carbocycles. The van der Waals surface area contributed by atoms with E-state index < -0.39 is 0 Å². The van der Waals surface area contributed by atoms with E-state index in [1.807, 2.05) is 0 Å². The molecule has 2 nitrogen and oxygen atoms in total. The highest BCUT2D eigenvalue weighted by atomic mass is 79.9. The predicted octanol–water partition coefficient (Wildman–Crippen LogP) is 5.88. The minimum absolute atomic E-state index is 0.0210. The third-order valence-electron chi connectivity index (χ3n) is 2.52. The molecule has 2 N–H and O–H groups in total. The largest absolute Gasteiger partial charge is 0.399 e. The van der Waals surface area contributed by atoms with Gasteiger partial charge in [-0.15, -0.1) is 0 Å². The minimum atomic E-state index is -0.383. The molecular weight excluding hydrogens is 408 g/mol. The first-order chi connectivity index (χ1) is 9.31. The molecule has 0 atom stereocenters. The van der Waals surface area contributed by atoms with Crippen LogP contribution in [0, 0.1) is 0 Å². The van der Waals surface area contributed by atoms with Crippen molar-refractivity contribution in [2.45, 2.75) is 0 Å². The highest BCUT2D eigenvalue weighted by molar-refractivity contribution is 9.10. The Balaban J connectivity index is 2.62. The molecule has 2 aromatic carbocycles. The number of carbonyl (C=O) groups is 1. The summed E-state index contributed by atoms with van der Waals surface area (Å²) < 4.78 is 0.674. The zero-order valence-electron chi connectivity index (χ0n) is 9.68. The molecule has 104 valence electrons. The summed E-state index contributed by atoms with van der Waals surface area (Å²) in [6.45, 7) is 0. The number of anilines is 1. The molecule has 2 rings (SSSR count). The van der Waals surface area contributed by atoms with Gasteiger partial charge in [-0.1, -0.05) is 62.3 Å². The van der Waals surface area contributed by atoms with E-state index in [9.17, 15) is 4.79 Å². The van der Waals surface area contributed by atoms with Gasteiger partial charge in [0.15, 0.2) is 5.78 Å². The Hall–Kier alpha value is -0.450. The van der Waals surface area contributed by atoms with E-state index in [0.29, 0.717) is 15.7 Å². The summed E-state index contributed by atoms with van der Waals surface area (Å²) in [7, 11) is 0. The lowest BCUT2D eigenvalue weighted by atomic mass is 10.0. The van der Waals surface area contributed by atoms with E-state index in [-0.39, 0.29) is 31.4 Å². The summed E-state index contributed by atoms with van der Waals surface area (Å²) in [6.07, 6.45) is 0. The number of nitrogens with two attached hydrogens (primary N) is 1. The Morgan fingerprint density at radius 1 is 0.950 bits per heavy atom. The van der Waals surface area contributed by atoms with Crippen molar-refractivity contribution in [2.24, 2.45) is 0 Å². The fourth-order valence-electron chi connectivity index (χ4n) is 1.66. The molecule has 0 saturated heterocycles. The number of rotatable bonds is 2. The van der Waals surface area contributed by atoms with E-state index in [4.69, 9.17) is 52.1 Å². The molecule has 0 spiro atoms. The second kappa shape index (κ2) is 6.12. The summed E-state index contributed by atoms with van der Waals surface area (Å²) in [5.74, 6) is -0.383. The Bertz CT molecular complexity index is 698. The van der Waals surface area contributed by atoms with Gasteiger partial charge in [0.1, 0.15) is 0 Å². The number of hydrogen-bond donors (Lipinski definition) is 1. The zero-order chi connectivity index (χ0) is 15.0. The minimum Gasteiger partial charge on any atom is -0.399 e. The summed E-state index contributed by atoms with van der Waals surface area (Å²) >= 11 is 27.2. The Morgan fingerprint density at radius 2 is 1.60 bits per heavy atom. The lowest BCUT2D eigenvalue weighted by molar-refractivity contribution is 0.103. The maximum atomic E-state index is 12.5. The van der Waals surface area contributed by atoms with E-state index >= 15 is 0 Å². The van der Waals surface area contributed by atoms with Crippen LogP contribution in [-0.4, -0.2) is 5.78 Å². The third kappa shape index (κ3) is 3.07. The molecule has 0 heterocycles. The molecule has 0 fully saturated rings. The van der Waals surface area contributed by atoms with Crippen LogP contribution in [-0.2, 0) is 0 Å². The van der Waals surface area contributed by atoms with Crippen molar-refractivity contribution in [2.75, 3.05) is 5.73 Å². The lowest BCUT2D eigenvalue weighted by Gasteiger charge is -2.10. The van der Waals surface area contributed by atoms with E-state index in [1.165, 1.54) is 12.1 Å². The topological polar surface area (TPSA) is 43.1 Å². The SMILES string of the molecule is Nc1cc(Br)cc(C(=O)c2c(Cl)cc(Cl)c(Cl)c2Cl)c1. The first kappa shape index (κ1) is 15.9. The van der Waals surface area contributed by atoms with Gasteiger partial charge in [-0.2, -0.15) is 0 Å². The Kier molecular flexibility index (Phi) is 4.88. The second-order valence-corrected chi connectivity index (χ2v) is 6.43. The van der Waals surface area contributed by atoms with Crippen LogP contribution in [0.2, 0.25) is 20.1 Å². The molecule has 0 aromatic heterocycles. The van der Waals surface area contributed by atoms with Crippen LogP contribution < -0.4 is 5.73 Å². The van der Waals surface area contributed by atoms with Gasteiger partial charge in [-0.3, -0.25) is 4.79 Å². The van der Waals surface area contributed by atoms with Gasteiger partial charge in [-0.25, -0.2) is 0 Å². The normalized spacial score (nSPS) is 10.7. The van der Waals surface area contributed by atoms with Crippen LogP contribution in [0.25, 0.3) is 0 Å². The molecule has 0 amide bonds. The van der Waals surface area contributed by atoms with E-state index in [0.717, 1.165) is 0 Å². The van der Waals surface area contributed by atoms with Crippen LogP contribution in [0.1, 0.15) is 15.9 Å². The predicted molar refractivity (Wildman–Crippen MR) is 88.5 cm³/mol. The standard InChI is InChI=1S/C13H6BrCl4NO/c14-6-1-5(2-7(19)3-6)13(20)10-8(15)4-9(16)11(17)12(10)18/h1-4H,19H2. The van der Waals surface area contributed by atoms with Crippen molar-refractivity contribution in [3.63, 3.8) is 0 Å². The molecule has 7 heteroatoms. The van der Waals surface area contributed by atoms with Crippen LogP contribution >= 0.6 is 62.3 Å². The maximum absolute atomic E-state index is 12.5. The van der Waals surface area contributed by atoms with Crippen LogP contribution in [0.5, 0.6) is 0 Å². The fourth-order valence-corrected chi connectivity index (χ4v) is 3.26. The number of ketones is 1. The van der Waals surface area contributed by atoms with Crippen molar-refractivity contribution >= 4 is 73.8 Å². The van der Waals surface area contributed by atoms with E-state index in [1.54, 1.807) is 12.1 Å². The van der Waals surface area contributed by atoms with Crippen molar-refractivity contribution in [1.82, 2.24) is 0 Å². The molecule has 0 saturated carbocycles. The Labute approximate surface area is 143 Å². The molecule has 2 aromatic rings. The lowest BCUT2D eigenvalue weighted by Crippen LogP contribution is -2.05. The number of benzene rings is 2. The average molecular weight is 414 g/mol. The van der Waals surface area contributed by atoms with Gasteiger partial charge in [0, 0.05) is 15.7 Å². The first-order valence-electron chi connectivity index (χ1n) is 5.25. The first-order valence-corrected chi connectivity index (χ1v) is 7.55. The van der Waals surface area contributed by atoms with Crippen molar-refractivity contribution < 1.29 is 4.79 Å². The molecule has 0 aliphatic heterocycles. The molecular formula is C13H6BrCl4NO. The van der Waals surface area contributed by atoms with Crippen LogP contribution in [0.4, 0.5) is 5.69 Å². The number of carbonyl (C=O) groups excluding carboxylic acids is 1. The zero-order valence-corrected chi connectivity index (χ0v) is 14.3. The Morgan fingerprint density at radius 3 is 2.20 bits per heavy atom. The number of halogens is 5. The summed E-state index contributed by atoms with van der Waals surface area (Å²) in [5, 5.41) is 0.427. The van der Waals surface area contributed by atoms with Crippen LogP contribution in [0.15, 0.2) is 28.7 Å². The molecule has 0 aliphatic rings. The number of hydrogen-bond acceptors (Lipinski definition) is 2. The fraction of sp³-hybridized carbons (Fsp3) is 0. The van der Waals surface area contributed by atoms with Gasteiger partial charge in [-0.05, 0) is 24.3 Å². The molecule has 0 bridgehead atoms. The smallest absolute Gasteiger partial charge is 0.196 e. The monoisotopic (exact) mass is 411 g/mol. The van der Waals surface area contributed by atoms with Crippen LogP contribution in [0.3, 0.4) is 0 Å². The van der Waals surface area contributed by atoms with Gasteiger partial charge >= 0.3 is 0 Å². The maximum Gasteiger partial charge on any atom is 0.196 e. The molecule has 0 radical (unpaired) electrons. The van der Waals surface area contributed by atoms with Gasteiger partial charge in [0.2, 0.25) is 0 Å². The molecule has 20 heavy (non-hydrogen) atoms. The number of nitrogen functional groups attached to an aromatic ring is 1. The van der Waals surface area contributed by atoms with Gasteiger partial charge in [0.25, 0.3) is 0 Å². The van der Waals surface area contributed by atoms with Crippen molar-refractivity contribution in [3.05, 3.63) is 60.0 Å². The highest BCUT2D eigenvalue weighted by Gasteiger charge is 2.21. The second-order valence-electron chi connectivity index (χ2n) is 3.95. The quantitative estimate of drug-likeness (QED) is 0.289. The summed E-state index contributed by atoms with van der Waals surface area (Å²) in [4.78, 5) is 12.5. The van der Waals surface area contributed by atoms with Crippen molar-refractivity contribution in [3.8, 4) is 0 Å². The van der Waals surface area contributed by atoms with Crippen molar-refractivity contribution in [1.29, 1.82) is 0 Å². The summed E-state index contributed by atoms with van der Waals surface area (Å²) in [6, 6.07) is 6.21. The molecule has 0 unspecified atom stereocenters. The summed E-state index contributed by atoms with van der Waals surface area (Å²) in [5.41, 5.74) is 6.59. The van der Waals surface area contributed by atoms with E-state index in [2.05, 4.69) is 15.9 Å². The van der Waals surface area contributed by atoms with Gasteiger partial charge in [0.05, 0.1) is 25.7 Å². The highest BCUT2D eigenvalue weighted by Crippen LogP contribution is 2.38.